The number of aliphatic carboxylic acids is 1. The van der Waals surface area contributed by atoms with Crippen LogP contribution in [0.15, 0.2) is 12.4 Å². The molecule has 6 nitrogen and oxygen atoms in total. The summed E-state index contributed by atoms with van der Waals surface area (Å²) in [5.74, 6) is -1.05. The summed E-state index contributed by atoms with van der Waals surface area (Å²) < 4.78 is 1.40. The number of nitrogen functional groups attached to an aromatic ring is 1. The third-order valence-corrected chi connectivity index (χ3v) is 1.35. The van der Waals surface area contributed by atoms with Crippen molar-refractivity contribution in [3.8, 4) is 0 Å². The topological polar surface area (TPSA) is 107 Å². The van der Waals surface area contributed by atoms with E-state index in [2.05, 4.69) is 5.10 Å². The van der Waals surface area contributed by atoms with Gasteiger partial charge in [0.25, 0.3) is 0 Å². The van der Waals surface area contributed by atoms with E-state index < -0.39 is 12.0 Å². The maximum Gasteiger partial charge on any atom is 0.322 e. The number of nitrogens with zero attached hydrogens (tertiary/aromatic N) is 2. The lowest BCUT2D eigenvalue weighted by Gasteiger charge is -2.04. The van der Waals surface area contributed by atoms with Crippen molar-refractivity contribution in [3.05, 3.63) is 12.4 Å². The maximum absolute atomic E-state index is 10.3. The van der Waals surface area contributed by atoms with E-state index in [0.717, 1.165) is 0 Å². The lowest BCUT2D eigenvalue weighted by Crippen LogP contribution is -2.34. The summed E-state index contributed by atoms with van der Waals surface area (Å²) in [6.45, 7) is 0.131. The van der Waals surface area contributed by atoms with E-state index in [1.165, 1.54) is 17.1 Å². The van der Waals surface area contributed by atoms with Crippen molar-refractivity contribution in [2.75, 3.05) is 5.73 Å². The Bertz CT molecular complexity index is 283. The van der Waals surface area contributed by atoms with Gasteiger partial charge in [0.1, 0.15) is 6.04 Å². The quantitative estimate of drug-likeness (QED) is 0.532. The standard InChI is InChI=1S/C6H10N4O2/c7-4-1-9-10(2-4)3-5(8)6(11)12/h1-2,5H,3,7-8H2,(H,11,12). The molecule has 0 saturated carbocycles. The molecule has 1 rings (SSSR count). The van der Waals surface area contributed by atoms with Gasteiger partial charge in [-0.25, -0.2) is 0 Å². The summed E-state index contributed by atoms with van der Waals surface area (Å²) in [4.78, 5) is 10.3. The van der Waals surface area contributed by atoms with Gasteiger partial charge in [-0.05, 0) is 0 Å². The first-order valence-electron chi connectivity index (χ1n) is 3.36. The second-order valence-electron chi connectivity index (χ2n) is 2.44. The molecule has 1 aromatic heterocycles. The monoisotopic (exact) mass is 170 g/mol. The first-order valence-corrected chi connectivity index (χ1v) is 3.36. The Labute approximate surface area is 68.8 Å². The summed E-state index contributed by atoms with van der Waals surface area (Å²) in [7, 11) is 0. The molecule has 0 radical (unpaired) electrons. The van der Waals surface area contributed by atoms with Gasteiger partial charge in [-0.2, -0.15) is 5.10 Å². The average molecular weight is 170 g/mol. The Morgan fingerprint density at radius 1 is 1.83 bits per heavy atom. The van der Waals surface area contributed by atoms with Crippen molar-refractivity contribution in [1.29, 1.82) is 0 Å². The lowest BCUT2D eigenvalue weighted by molar-refractivity contribution is -0.138. The maximum atomic E-state index is 10.3. The zero-order chi connectivity index (χ0) is 9.14. The fourth-order valence-electron chi connectivity index (χ4n) is 0.759. The number of carboxylic acids is 1. The molecule has 1 atom stereocenters. The molecule has 1 heterocycles. The van der Waals surface area contributed by atoms with Crippen LogP contribution >= 0.6 is 0 Å². The molecule has 66 valence electrons. The molecule has 6 heteroatoms. The molecule has 0 aromatic carbocycles. The molecule has 0 amide bonds. The summed E-state index contributed by atoms with van der Waals surface area (Å²) >= 11 is 0. The van der Waals surface area contributed by atoms with Gasteiger partial charge in [-0.1, -0.05) is 0 Å². The number of carboxylic acid groups (broad SMARTS) is 1. The second-order valence-corrected chi connectivity index (χ2v) is 2.44. The molecular weight excluding hydrogens is 160 g/mol. The summed E-state index contributed by atoms with van der Waals surface area (Å²) in [5, 5.41) is 12.2. The van der Waals surface area contributed by atoms with Crippen LogP contribution in [0.25, 0.3) is 0 Å². The minimum absolute atomic E-state index is 0.131. The number of carbonyl (C=O) groups is 1. The molecule has 5 N–H and O–H groups in total. The van der Waals surface area contributed by atoms with Crippen LogP contribution in [-0.2, 0) is 11.3 Å². The number of anilines is 1. The molecule has 1 unspecified atom stereocenters. The molecule has 0 aliphatic heterocycles. The van der Waals surface area contributed by atoms with E-state index in [9.17, 15) is 4.79 Å². The highest BCUT2D eigenvalue weighted by molar-refractivity contribution is 5.72. The Morgan fingerprint density at radius 2 is 2.50 bits per heavy atom. The van der Waals surface area contributed by atoms with Gasteiger partial charge in [-0.15, -0.1) is 0 Å². The smallest absolute Gasteiger partial charge is 0.322 e. The highest BCUT2D eigenvalue weighted by atomic mass is 16.4. The van der Waals surface area contributed by atoms with Crippen LogP contribution < -0.4 is 11.5 Å². The molecule has 0 spiro atoms. The average Bonchev–Trinajstić information content (AvgIpc) is 2.35. The minimum atomic E-state index is -1.05. The predicted octanol–water partition coefficient (Wildman–Crippen LogP) is -1.12. The molecule has 0 aliphatic rings. The second kappa shape index (κ2) is 3.22. The van der Waals surface area contributed by atoms with Crippen LogP contribution in [-0.4, -0.2) is 26.9 Å². The van der Waals surface area contributed by atoms with Crippen LogP contribution in [0.1, 0.15) is 0 Å². The van der Waals surface area contributed by atoms with E-state index in [0.29, 0.717) is 5.69 Å². The summed E-state index contributed by atoms with van der Waals surface area (Å²) in [6.07, 6.45) is 2.97. The van der Waals surface area contributed by atoms with Gasteiger partial charge in [0.15, 0.2) is 0 Å². The zero-order valence-corrected chi connectivity index (χ0v) is 6.34. The van der Waals surface area contributed by atoms with Crippen LogP contribution in [0.4, 0.5) is 5.69 Å². The van der Waals surface area contributed by atoms with E-state index in [1.807, 2.05) is 0 Å². The number of hydrogen-bond acceptors (Lipinski definition) is 4. The summed E-state index contributed by atoms with van der Waals surface area (Å²) in [5.41, 5.74) is 11.1. The Kier molecular flexibility index (Phi) is 2.29. The number of hydrogen-bond donors (Lipinski definition) is 3. The third-order valence-electron chi connectivity index (χ3n) is 1.35. The van der Waals surface area contributed by atoms with E-state index in [1.54, 1.807) is 0 Å². The highest BCUT2D eigenvalue weighted by Gasteiger charge is 2.11. The van der Waals surface area contributed by atoms with Crippen LogP contribution in [0.5, 0.6) is 0 Å². The van der Waals surface area contributed by atoms with Gasteiger partial charge in [0.05, 0.1) is 18.4 Å². The molecule has 0 aliphatic carbocycles. The van der Waals surface area contributed by atoms with Crippen LogP contribution in [0, 0.1) is 0 Å². The van der Waals surface area contributed by atoms with Crippen molar-refractivity contribution in [2.24, 2.45) is 5.73 Å². The van der Waals surface area contributed by atoms with Crippen molar-refractivity contribution in [2.45, 2.75) is 12.6 Å². The van der Waals surface area contributed by atoms with E-state index >= 15 is 0 Å². The lowest BCUT2D eigenvalue weighted by atomic mass is 10.3. The van der Waals surface area contributed by atoms with Gasteiger partial charge in [-0.3, -0.25) is 9.48 Å². The van der Waals surface area contributed by atoms with Gasteiger partial charge >= 0.3 is 5.97 Å². The van der Waals surface area contributed by atoms with E-state index in [4.69, 9.17) is 16.6 Å². The number of nitrogens with two attached hydrogens (primary N) is 2. The van der Waals surface area contributed by atoms with E-state index in [-0.39, 0.29) is 6.54 Å². The Hall–Kier alpha value is -1.56. The van der Waals surface area contributed by atoms with Crippen molar-refractivity contribution >= 4 is 11.7 Å². The molecule has 0 saturated heterocycles. The van der Waals surface area contributed by atoms with Crippen LogP contribution in [0.3, 0.4) is 0 Å². The number of rotatable bonds is 3. The molecule has 0 bridgehead atoms. The predicted molar refractivity (Wildman–Crippen MR) is 42.3 cm³/mol. The fraction of sp³-hybridized carbons (Fsp3) is 0.333. The van der Waals surface area contributed by atoms with Gasteiger partial charge in [0, 0.05) is 6.20 Å². The van der Waals surface area contributed by atoms with Crippen molar-refractivity contribution < 1.29 is 9.90 Å². The van der Waals surface area contributed by atoms with Gasteiger partial charge < -0.3 is 16.6 Å². The molecule has 12 heavy (non-hydrogen) atoms. The van der Waals surface area contributed by atoms with Gasteiger partial charge in [0.2, 0.25) is 0 Å². The minimum Gasteiger partial charge on any atom is -0.480 e. The molecule has 1 aromatic rings. The molecule has 0 fully saturated rings. The number of aromatic nitrogens is 2. The third kappa shape index (κ3) is 1.96. The summed E-state index contributed by atoms with van der Waals surface area (Å²) in [6, 6.07) is -0.940. The SMILES string of the molecule is Nc1cnn(CC(N)C(=O)O)c1. The largest absolute Gasteiger partial charge is 0.480 e. The molecular formula is C6H10N4O2. The normalized spacial score (nSPS) is 12.8. The highest BCUT2D eigenvalue weighted by Crippen LogP contribution is 1.98. The zero-order valence-electron chi connectivity index (χ0n) is 6.34. The Balaban J connectivity index is 2.58. The fourth-order valence-corrected chi connectivity index (χ4v) is 0.759. The van der Waals surface area contributed by atoms with Crippen LogP contribution in [0.2, 0.25) is 0 Å². The van der Waals surface area contributed by atoms with Crippen molar-refractivity contribution in [1.82, 2.24) is 9.78 Å². The first kappa shape index (κ1) is 8.54. The first-order chi connectivity index (χ1) is 5.59. The van der Waals surface area contributed by atoms with Crippen molar-refractivity contribution in [3.63, 3.8) is 0 Å². The Morgan fingerprint density at radius 3 is 2.92 bits per heavy atom.